The third kappa shape index (κ3) is 3.75. The van der Waals surface area contributed by atoms with Crippen LogP contribution < -0.4 is 5.73 Å². The molecule has 2 aromatic heterocycles. The van der Waals surface area contributed by atoms with Gasteiger partial charge in [-0.25, -0.2) is 13.6 Å². The Hall–Kier alpha value is -3.14. The van der Waals surface area contributed by atoms with E-state index in [2.05, 4.69) is 15.3 Å². The van der Waals surface area contributed by atoms with Gasteiger partial charge in [-0.15, -0.1) is 10.2 Å². The lowest BCUT2D eigenvalue weighted by atomic mass is 10.0. The molecule has 10 heteroatoms. The maximum absolute atomic E-state index is 13.9. The van der Waals surface area contributed by atoms with E-state index in [1.807, 2.05) is 4.57 Å². The molecule has 2 N–H and O–H groups in total. The lowest BCUT2D eigenvalue weighted by Gasteiger charge is -2.13. The minimum Gasteiger partial charge on any atom is -0.464 e. The Labute approximate surface area is 165 Å². The molecule has 0 unspecified atom stereocenters. The average Bonchev–Trinajstić information content (AvgIpc) is 3.24. The van der Waals surface area contributed by atoms with Crippen LogP contribution in [0.4, 0.5) is 8.78 Å². The summed E-state index contributed by atoms with van der Waals surface area (Å²) >= 11 is 0. The number of ether oxygens (including phenoxy) is 1. The monoisotopic (exact) mass is 402 g/mol. The van der Waals surface area contributed by atoms with Gasteiger partial charge in [-0.3, -0.25) is 4.68 Å². The van der Waals surface area contributed by atoms with E-state index in [9.17, 15) is 13.6 Å². The van der Waals surface area contributed by atoms with Crippen molar-refractivity contribution in [2.24, 2.45) is 5.73 Å². The standard InChI is InChI=1S/C19H20F2N6O2/c1-29-19(28)15-10-16-18-24-23-17(26(18)5-2-6-27(16)25-15)9-13(22)8-11-7-12(20)3-4-14(11)21/h3-4,7,10,13H,2,5-6,8-9,22H2,1H3/t13-/m1/s1. The Morgan fingerprint density at radius 1 is 1.24 bits per heavy atom. The van der Waals surface area contributed by atoms with Crippen molar-refractivity contribution < 1.29 is 18.3 Å². The first-order chi connectivity index (χ1) is 14.0. The Morgan fingerprint density at radius 3 is 2.86 bits per heavy atom. The fourth-order valence-electron chi connectivity index (χ4n) is 3.55. The summed E-state index contributed by atoms with van der Waals surface area (Å²) in [4.78, 5) is 11.8. The van der Waals surface area contributed by atoms with Gasteiger partial charge < -0.3 is 15.0 Å². The molecule has 152 valence electrons. The summed E-state index contributed by atoms with van der Waals surface area (Å²) < 4.78 is 35.7. The van der Waals surface area contributed by atoms with E-state index in [4.69, 9.17) is 10.5 Å². The van der Waals surface area contributed by atoms with Crippen LogP contribution in [0, 0.1) is 11.6 Å². The highest BCUT2D eigenvalue weighted by Gasteiger charge is 2.25. The summed E-state index contributed by atoms with van der Waals surface area (Å²) in [5, 5.41) is 12.8. The van der Waals surface area contributed by atoms with Crippen LogP contribution >= 0.6 is 0 Å². The summed E-state index contributed by atoms with van der Waals surface area (Å²) in [5.74, 6) is -0.264. The van der Waals surface area contributed by atoms with Gasteiger partial charge in [-0.1, -0.05) is 0 Å². The molecule has 1 aliphatic heterocycles. The summed E-state index contributed by atoms with van der Waals surface area (Å²) in [5.41, 5.74) is 7.31. The molecular formula is C19H20F2N6O2. The molecule has 29 heavy (non-hydrogen) atoms. The molecule has 0 saturated heterocycles. The molecule has 4 rings (SSSR count). The maximum atomic E-state index is 13.9. The molecule has 0 radical (unpaired) electrons. The molecule has 8 nitrogen and oxygen atoms in total. The van der Waals surface area contributed by atoms with Gasteiger partial charge in [0.2, 0.25) is 0 Å². The van der Waals surface area contributed by atoms with E-state index in [0.717, 1.165) is 24.6 Å². The van der Waals surface area contributed by atoms with Crippen LogP contribution in [0.15, 0.2) is 24.3 Å². The van der Waals surface area contributed by atoms with Crippen molar-refractivity contribution in [3.63, 3.8) is 0 Å². The minimum atomic E-state index is -0.518. The first-order valence-electron chi connectivity index (χ1n) is 9.24. The molecule has 0 fully saturated rings. The number of aromatic nitrogens is 5. The second kappa shape index (κ2) is 7.70. The summed E-state index contributed by atoms with van der Waals surface area (Å²) in [6, 6.07) is 4.50. The number of nitrogens with zero attached hydrogens (tertiary/aromatic N) is 5. The largest absolute Gasteiger partial charge is 0.464 e. The lowest BCUT2D eigenvalue weighted by molar-refractivity contribution is 0.0593. The van der Waals surface area contributed by atoms with Gasteiger partial charge >= 0.3 is 5.97 Å². The van der Waals surface area contributed by atoms with Gasteiger partial charge in [0.1, 0.15) is 23.2 Å². The number of benzene rings is 1. The highest BCUT2D eigenvalue weighted by atomic mass is 19.1. The van der Waals surface area contributed by atoms with Crippen LogP contribution in [-0.4, -0.2) is 43.7 Å². The van der Waals surface area contributed by atoms with Crippen LogP contribution in [0.25, 0.3) is 11.5 Å². The smallest absolute Gasteiger partial charge is 0.358 e. The van der Waals surface area contributed by atoms with E-state index in [-0.39, 0.29) is 17.7 Å². The van der Waals surface area contributed by atoms with Crippen molar-refractivity contribution in [1.82, 2.24) is 24.5 Å². The summed E-state index contributed by atoms with van der Waals surface area (Å²) in [7, 11) is 1.30. The number of hydrogen-bond acceptors (Lipinski definition) is 6. The first kappa shape index (κ1) is 19.2. The number of nitrogens with two attached hydrogens (primary N) is 1. The van der Waals surface area contributed by atoms with E-state index in [0.29, 0.717) is 36.9 Å². The normalized spacial score (nSPS) is 14.1. The van der Waals surface area contributed by atoms with Crippen molar-refractivity contribution in [1.29, 1.82) is 0 Å². The fraction of sp³-hybridized carbons (Fsp3) is 0.368. The molecule has 1 aromatic carbocycles. The quantitative estimate of drug-likeness (QED) is 0.652. The van der Waals surface area contributed by atoms with Crippen LogP contribution in [-0.2, 0) is 30.7 Å². The lowest BCUT2D eigenvalue weighted by Crippen LogP contribution is -2.27. The number of halogens is 2. The molecule has 3 heterocycles. The van der Waals surface area contributed by atoms with Gasteiger partial charge in [0, 0.05) is 31.6 Å². The van der Waals surface area contributed by atoms with Crippen molar-refractivity contribution in [3.8, 4) is 11.5 Å². The van der Waals surface area contributed by atoms with Crippen molar-refractivity contribution in [2.75, 3.05) is 7.11 Å². The van der Waals surface area contributed by atoms with E-state index < -0.39 is 23.6 Å². The molecule has 0 aliphatic carbocycles. The van der Waals surface area contributed by atoms with Gasteiger partial charge in [0.25, 0.3) is 0 Å². The summed E-state index contributed by atoms with van der Waals surface area (Å²) in [6.45, 7) is 1.28. The second-order valence-electron chi connectivity index (χ2n) is 6.98. The second-order valence-corrected chi connectivity index (χ2v) is 6.98. The summed E-state index contributed by atoms with van der Waals surface area (Å²) in [6.07, 6.45) is 1.29. The van der Waals surface area contributed by atoms with Crippen LogP contribution in [0.5, 0.6) is 0 Å². The van der Waals surface area contributed by atoms with Crippen LogP contribution in [0.3, 0.4) is 0 Å². The highest BCUT2D eigenvalue weighted by molar-refractivity contribution is 5.88. The van der Waals surface area contributed by atoms with Gasteiger partial charge in [-0.2, -0.15) is 5.10 Å². The number of carbonyl (C=O) groups is 1. The number of hydrogen-bond donors (Lipinski definition) is 1. The topological polar surface area (TPSA) is 101 Å². The number of rotatable bonds is 5. The number of aryl methyl sites for hydroxylation is 1. The molecule has 0 spiro atoms. The van der Waals surface area contributed by atoms with Crippen molar-refractivity contribution in [2.45, 2.75) is 38.4 Å². The molecule has 3 aromatic rings. The minimum absolute atomic E-state index is 0.177. The third-order valence-corrected chi connectivity index (χ3v) is 4.92. The number of fused-ring (bicyclic) bond motifs is 3. The molecule has 0 saturated carbocycles. The van der Waals surface area contributed by atoms with Gasteiger partial charge in [-0.05, 0) is 36.6 Å². The zero-order valence-corrected chi connectivity index (χ0v) is 15.8. The zero-order valence-electron chi connectivity index (χ0n) is 15.8. The SMILES string of the molecule is COC(=O)c1cc2n(n1)CCCn1c(C[C@H](N)Cc3cc(F)ccc3F)nnc1-2. The predicted molar refractivity (Wildman–Crippen MR) is 98.9 cm³/mol. The molecule has 1 atom stereocenters. The molecule has 1 aliphatic rings. The number of esters is 1. The molecule has 0 amide bonds. The molecular weight excluding hydrogens is 382 g/mol. The van der Waals surface area contributed by atoms with Crippen molar-refractivity contribution >= 4 is 5.97 Å². The Kier molecular flexibility index (Phi) is 5.10. The fourth-order valence-corrected chi connectivity index (χ4v) is 3.55. The Bertz CT molecular complexity index is 1060. The van der Waals surface area contributed by atoms with Crippen LogP contribution in [0.2, 0.25) is 0 Å². The van der Waals surface area contributed by atoms with E-state index >= 15 is 0 Å². The zero-order chi connectivity index (χ0) is 20.5. The van der Waals surface area contributed by atoms with E-state index in [1.54, 1.807) is 10.7 Å². The van der Waals surface area contributed by atoms with Crippen molar-refractivity contribution in [3.05, 3.63) is 53.0 Å². The number of carbonyl (C=O) groups excluding carboxylic acids is 1. The van der Waals surface area contributed by atoms with E-state index in [1.165, 1.54) is 7.11 Å². The Balaban J connectivity index is 1.58. The molecule has 0 bridgehead atoms. The Morgan fingerprint density at radius 2 is 2.07 bits per heavy atom. The number of methoxy groups -OCH3 is 1. The predicted octanol–water partition coefficient (Wildman–Crippen LogP) is 1.72. The van der Waals surface area contributed by atoms with Gasteiger partial charge in [0.05, 0.1) is 7.11 Å². The first-order valence-corrected chi connectivity index (χ1v) is 9.24. The van der Waals surface area contributed by atoms with Gasteiger partial charge in [0.15, 0.2) is 11.5 Å². The third-order valence-electron chi connectivity index (χ3n) is 4.92. The maximum Gasteiger partial charge on any atom is 0.358 e. The average molecular weight is 402 g/mol. The van der Waals surface area contributed by atoms with Crippen LogP contribution in [0.1, 0.15) is 28.3 Å². The highest BCUT2D eigenvalue weighted by Crippen LogP contribution is 2.25.